The Kier molecular flexibility index (Phi) is 2.85. The van der Waals surface area contributed by atoms with Crippen LogP contribution in [0.2, 0.25) is 0 Å². The van der Waals surface area contributed by atoms with Crippen molar-refractivity contribution in [1.29, 1.82) is 0 Å². The van der Waals surface area contributed by atoms with Crippen LogP contribution in [0, 0.1) is 0 Å². The number of nitrogens with two attached hydrogens (primary N) is 1. The molecule has 0 atom stereocenters. The maximum absolute atomic E-state index is 10.7. The van der Waals surface area contributed by atoms with Crippen molar-refractivity contribution in [1.82, 2.24) is 15.0 Å². The Balaban J connectivity index is 2.64. The number of amides is 1. The van der Waals surface area contributed by atoms with E-state index in [0.717, 1.165) is 0 Å². The summed E-state index contributed by atoms with van der Waals surface area (Å²) in [5.41, 5.74) is 5.46. The molecule has 0 saturated heterocycles. The maximum Gasteiger partial charge on any atom is 0.222 e. The van der Waals surface area contributed by atoms with E-state index in [-0.39, 0.29) is 11.4 Å². The zero-order chi connectivity index (χ0) is 10.8. The van der Waals surface area contributed by atoms with Gasteiger partial charge in [-0.05, 0) is 13.8 Å². The van der Waals surface area contributed by atoms with E-state index in [0.29, 0.717) is 12.4 Å². The Morgan fingerprint density at radius 1 is 1.71 bits per heavy atom. The van der Waals surface area contributed by atoms with Crippen molar-refractivity contribution in [3.8, 4) is 0 Å². The molecule has 78 valence electrons. The molecule has 1 aromatic heterocycles. The molecule has 1 amide bonds. The van der Waals surface area contributed by atoms with Crippen LogP contribution in [-0.2, 0) is 11.3 Å². The summed E-state index contributed by atoms with van der Waals surface area (Å²) in [5, 5.41) is 10.1. The van der Waals surface area contributed by atoms with Gasteiger partial charge in [-0.3, -0.25) is 4.79 Å². The molecular weight excluding hydrogens is 182 g/mol. The Bertz CT molecular complexity index is 325. The van der Waals surface area contributed by atoms with Gasteiger partial charge in [0, 0.05) is 12.5 Å². The van der Waals surface area contributed by atoms with Crippen molar-refractivity contribution in [3.05, 3.63) is 6.20 Å². The first-order chi connectivity index (χ1) is 6.37. The maximum atomic E-state index is 10.7. The number of anilines is 1. The Hall–Kier alpha value is -1.43. The highest BCUT2D eigenvalue weighted by atomic mass is 16.1. The second-order valence-electron chi connectivity index (χ2n) is 3.97. The minimum atomic E-state index is -0.346. The average molecular weight is 197 g/mol. The Morgan fingerprint density at radius 3 is 2.86 bits per heavy atom. The minimum absolute atomic E-state index is 0.163. The largest absolute Gasteiger partial charge is 0.324 e. The van der Waals surface area contributed by atoms with Gasteiger partial charge in [0.1, 0.15) is 0 Å². The van der Waals surface area contributed by atoms with Crippen LogP contribution in [0.15, 0.2) is 6.20 Å². The third-order valence-corrected chi connectivity index (χ3v) is 1.41. The van der Waals surface area contributed by atoms with E-state index in [1.54, 1.807) is 10.9 Å². The lowest BCUT2D eigenvalue weighted by molar-refractivity contribution is -0.114. The fourth-order valence-electron chi connectivity index (χ4n) is 1.03. The molecule has 0 aliphatic rings. The number of aromatic nitrogens is 3. The zero-order valence-electron chi connectivity index (χ0n) is 8.61. The van der Waals surface area contributed by atoms with Crippen molar-refractivity contribution in [3.63, 3.8) is 0 Å². The van der Waals surface area contributed by atoms with E-state index in [1.165, 1.54) is 6.92 Å². The molecule has 14 heavy (non-hydrogen) atoms. The zero-order valence-corrected chi connectivity index (χ0v) is 8.61. The van der Waals surface area contributed by atoms with Gasteiger partial charge in [-0.2, -0.15) is 0 Å². The second-order valence-corrected chi connectivity index (χ2v) is 3.97. The average Bonchev–Trinajstić information content (AvgIpc) is 2.30. The minimum Gasteiger partial charge on any atom is -0.324 e. The van der Waals surface area contributed by atoms with Gasteiger partial charge in [-0.15, -0.1) is 5.10 Å². The summed E-state index contributed by atoms with van der Waals surface area (Å²) in [4.78, 5) is 10.7. The molecule has 6 heteroatoms. The highest BCUT2D eigenvalue weighted by molar-refractivity contribution is 5.87. The Labute approximate surface area is 82.5 Å². The van der Waals surface area contributed by atoms with Crippen LogP contribution in [0.25, 0.3) is 0 Å². The van der Waals surface area contributed by atoms with Crippen molar-refractivity contribution in [2.75, 3.05) is 5.32 Å². The molecule has 3 N–H and O–H groups in total. The molecule has 0 aliphatic carbocycles. The van der Waals surface area contributed by atoms with E-state index < -0.39 is 0 Å². The summed E-state index contributed by atoms with van der Waals surface area (Å²) in [5.74, 6) is 0.283. The van der Waals surface area contributed by atoms with E-state index in [4.69, 9.17) is 5.73 Å². The van der Waals surface area contributed by atoms with E-state index in [9.17, 15) is 4.79 Å². The summed E-state index contributed by atoms with van der Waals surface area (Å²) in [7, 11) is 0. The molecule has 0 fully saturated rings. The highest BCUT2D eigenvalue weighted by Gasteiger charge is 2.12. The molecule has 6 nitrogen and oxygen atoms in total. The predicted octanol–water partition coefficient (Wildman–Crippen LogP) is -0.0262. The summed E-state index contributed by atoms with van der Waals surface area (Å²) in [6.45, 7) is 5.77. The molecule has 1 rings (SSSR count). The monoisotopic (exact) mass is 197 g/mol. The molecule has 0 radical (unpaired) electrons. The van der Waals surface area contributed by atoms with Crippen molar-refractivity contribution in [2.24, 2.45) is 5.73 Å². The first-order valence-corrected chi connectivity index (χ1v) is 4.33. The smallest absolute Gasteiger partial charge is 0.222 e. The van der Waals surface area contributed by atoms with Gasteiger partial charge in [-0.1, -0.05) is 5.21 Å². The predicted molar refractivity (Wildman–Crippen MR) is 52.6 cm³/mol. The van der Waals surface area contributed by atoms with Crippen LogP contribution in [0.4, 0.5) is 5.82 Å². The molecule has 1 heterocycles. The van der Waals surface area contributed by atoms with Gasteiger partial charge in [-0.25, -0.2) is 4.68 Å². The van der Waals surface area contributed by atoms with Crippen LogP contribution in [0.1, 0.15) is 20.8 Å². The summed E-state index contributed by atoms with van der Waals surface area (Å²) in [6.07, 6.45) is 1.65. The van der Waals surface area contributed by atoms with Crippen LogP contribution < -0.4 is 11.1 Å². The number of hydrogen-bond donors (Lipinski definition) is 2. The van der Waals surface area contributed by atoms with Crippen molar-refractivity contribution in [2.45, 2.75) is 32.9 Å². The molecule has 0 aromatic carbocycles. The molecule has 0 aliphatic heterocycles. The number of hydrogen-bond acceptors (Lipinski definition) is 4. The van der Waals surface area contributed by atoms with Gasteiger partial charge in [0.05, 0.1) is 12.7 Å². The number of nitrogens with one attached hydrogen (secondary N) is 1. The molecule has 1 aromatic rings. The number of rotatable bonds is 3. The lowest BCUT2D eigenvalue weighted by Gasteiger charge is -2.17. The summed E-state index contributed by atoms with van der Waals surface area (Å²) >= 11 is 0. The number of nitrogens with zero attached hydrogens (tertiary/aromatic N) is 3. The van der Waals surface area contributed by atoms with Crippen LogP contribution in [-0.4, -0.2) is 26.4 Å². The Morgan fingerprint density at radius 2 is 2.36 bits per heavy atom. The van der Waals surface area contributed by atoms with Crippen molar-refractivity contribution < 1.29 is 4.79 Å². The molecule has 0 bridgehead atoms. The van der Waals surface area contributed by atoms with E-state index >= 15 is 0 Å². The lowest BCUT2D eigenvalue weighted by Crippen LogP contribution is -2.37. The second kappa shape index (κ2) is 3.75. The van der Waals surface area contributed by atoms with Gasteiger partial charge >= 0.3 is 0 Å². The van der Waals surface area contributed by atoms with E-state index in [2.05, 4.69) is 15.6 Å². The fourth-order valence-corrected chi connectivity index (χ4v) is 1.03. The van der Waals surface area contributed by atoms with Gasteiger partial charge in [0.15, 0.2) is 5.82 Å². The first kappa shape index (κ1) is 10.6. The first-order valence-electron chi connectivity index (χ1n) is 4.33. The molecule has 0 spiro atoms. The standard InChI is InChI=1S/C8H15N5O/c1-6(14)10-7-4-13(12-11-7)5-8(2,3)9/h4H,5,9H2,1-3H3,(H,10,14). The summed E-state index contributed by atoms with van der Waals surface area (Å²) in [6, 6.07) is 0. The van der Waals surface area contributed by atoms with Crippen LogP contribution in [0.3, 0.4) is 0 Å². The van der Waals surface area contributed by atoms with Crippen LogP contribution >= 0.6 is 0 Å². The number of carbonyl (C=O) groups excluding carboxylic acids is 1. The van der Waals surface area contributed by atoms with Gasteiger partial charge in [0.2, 0.25) is 5.91 Å². The topological polar surface area (TPSA) is 85.8 Å². The quantitative estimate of drug-likeness (QED) is 0.712. The van der Waals surface area contributed by atoms with Crippen molar-refractivity contribution >= 4 is 11.7 Å². The van der Waals surface area contributed by atoms with Gasteiger partial charge in [0.25, 0.3) is 0 Å². The highest BCUT2D eigenvalue weighted by Crippen LogP contribution is 2.04. The number of carbonyl (C=O) groups is 1. The fraction of sp³-hybridized carbons (Fsp3) is 0.625. The summed E-state index contributed by atoms with van der Waals surface area (Å²) < 4.78 is 1.60. The SMILES string of the molecule is CC(=O)Nc1cn(CC(C)(C)N)nn1. The third kappa shape index (κ3) is 3.53. The molecular formula is C8H15N5O. The van der Waals surface area contributed by atoms with Crippen LogP contribution in [0.5, 0.6) is 0 Å². The molecule has 0 saturated carbocycles. The normalized spacial score (nSPS) is 11.4. The molecule has 0 unspecified atom stereocenters. The van der Waals surface area contributed by atoms with Gasteiger partial charge < -0.3 is 11.1 Å². The third-order valence-electron chi connectivity index (χ3n) is 1.41. The lowest BCUT2D eigenvalue weighted by atomic mass is 10.1. The van der Waals surface area contributed by atoms with E-state index in [1.807, 2.05) is 13.8 Å².